The lowest BCUT2D eigenvalue weighted by Crippen LogP contribution is -2.09. The van der Waals surface area contributed by atoms with Crippen LogP contribution in [0.5, 0.6) is 0 Å². The van der Waals surface area contributed by atoms with Crippen LogP contribution < -0.4 is 11.1 Å². The number of aromatic nitrogens is 5. The van der Waals surface area contributed by atoms with Crippen molar-refractivity contribution in [3.8, 4) is 11.6 Å². The van der Waals surface area contributed by atoms with Crippen LogP contribution >= 0.6 is 0 Å². The van der Waals surface area contributed by atoms with Crippen molar-refractivity contribution in [2.24, 2.45) is 0 Å². The Morgan fingerprint density at radius 2 is 2.33 bits per heavy atom. The molecule has 3 N–H and O–H groups in total. The predicted octanol–water partition coefficient (Wildman–Crippen LogP) is 0.747. The number of fused-ring (bicyclic) bond motifs is 1. The lowest BCUT2D eigenvalue weighted by Gasteiger charge is -2.04. The van der Waals surface area contributed by atoms with Gasteiger partial charge in [0, 0.05) is 18.0 Å². The molecule has 0 aliphatic carbocycles. The number of aryl methyl sites for hydroxylation is 1. The highest BCUT2D eigenvalue weighted by atomic mass is 16.3. The number of nitrogens with zero attached hydrogens (tertiary/aromatic N) is 5. The molecule has 0 amide bonds. The van der Waals surface area contributed by atoms with Crippen LogP contribution in [0.15, 0.2) is 16.9 Å². The molecule has 1 aliphatic rings. The SMILES string of the molecule is Cc1c(-c2ncco2)nc(N)n2nc(C3CCNC3)nc12. The molecule has 0 radical (unpaired) electrons. The molecule has 21 heavy (non-hydrogen) atoms. The Morgan fingerprint density at radius 3 is 3.05 bits per heavy atom. The Bertz CT molecular complexity index is 787. The van der Waals surface area contributed by atoms with Gasteiger partial charge in [-0.2, -0.15) is 4.52 Å². The maximum absolute atomic E-state index is 6.01. The van der Waals surface area contributed by atoms with E-state index in [0.29, 0.717) is 23.1 Å². The number of nitrogen functional groups attached to an aromatic ring is 1. The van der Waals surface area contributed by atoms with Gasteiger partial charge in [-0.3, -0.25) is 0 Å². The molecule has 3 aromatic heterocycles. The maximum atomic E-state index is 6.01. The Morgan fingerprint density at radius 1 is 1.43 bits per heavy atom. The van der Waals surface area contributed by atoms with Crippen molar-refractivity contribution < 1.29 is 4.42 Å². The van der Waals surface area contributed by atoms with Gasteiger partial charge in [-0.15, -0.1) is 5.10 Å². The molecule has 0 saturated carbocycles. The zero-order valence-electron chi connectivity index (χ0n) is 11.6. The minimum atomic E-state index is 0.286. The standard InChI is InChI=1S/C13H15N7O/c1-7-9(12-16-4-5-21-12)17-13(14)20-11(7)18-10(19-20)8-2-3-15-6-8/h4-5,8,15H,2-3,6H2,1H3,(H2,14,17). The fourth-order valence-electron chi connectivity index (χ4n) is 2.68. The third kappa shape index (κ3) is 1.87. The van der Waals surface area contributed by atoms with E-state index in [0.717, 1.165) is 30.9 Å². The van der Waals surface area contributed by atoms with Gasteiger partial charge < -0.3 is 15.5 Å². The first-order chi connectivity index (χ1) is 10.2. The molecular formula is C13H15N7O. The fourth-order valence-corrected chi connectivity index (χ4v) is 2.68. The van der Waals surface area contributed by atoms with Crippen LogP contribution in [-0.4, -0.2) is 37.7 Å². The van der Waals surface area contributed by atoms with Crippen LogP contribution in [0.25, 0.3) is 17.2 Å². The summed E-state index contributed by atoms with van der Waals surface area (Å²) in [6, 6.07) is 0. The summed E-state index contributed by atoms with van der Waals surface area (Å²) < 4.78 is 6.91. The molecule has 108 valence electrons. The van der Waals surface area contributed by atoms with Gasteiger partial charge in [0.2, 0.25) is 11.8 Å². The Balaban J connectivity index is 1.90. The molecule has 3 aromatic rings. The summed E-state index contributed by atoms with van der Waals surface area (Å²) in [5.41, 5.74) is 8.18. The van der Waals surface area contributed by atoms with E-state index in [-0.39, 0.29) is 5.95 Å². The van der Waals surface area contributed by atoms with E-state index in [9.17, 15) is 0 Å². The van der Waals surface area contributed by atoms with Crippen LogP contribution in [0, 0.1) is 6.92 Å². The minimum absolute atomic E-state index is 0.286. The van der Waals surface area contributed by atoms with Crippen molar-refractivity contribution in [2.45, 2.75) is 19.3 Å². The van der Waals surface area contributed by atoms with E-state index in [4.69, 9.17) is 10.2 Å². The lowest BCUT2D eigenvalue weighted by atomic mass is 10.1. The molecule has 4 rings (SSSR count). The number of nitrogens with two attached hydrogens (primary N) is 1. The third-order valence-corrected chi connectivity index (χ3v) is 3.82. The van der Waals surface area contributed by atoms with Gasteiger partial charge >= 0.3 is 0 Å². The van der Waals surface area contributed by atoms with E-state index in [1.807, 2.05) is 6.92 Å². The summed E-state index contributed by atoms with van der Waals surface area (Å²) >= 11 is 0. The molecule has 1 aliphatic heterocycles. The van der Waals surface area contributed by atoms with Gasteiger partial charge in [-0.1, -0.05) is 0 Å². The number of oxazole rings is 1. The molecule has 0 aromatic carbocycles. The lowest BCUT2D eigenvalue weighted by molar-refractivity contribution is 0.571. The monoisotopic (exact) mass is 285 g/mol. The number of rotatable bonds is 2. The highest BCUT2D eigenvalue weighted by Crippen LogP contribution is 2.26. The van der Waals surface area contributed by atoms with Crippen LogP contribution in [-0.2, 0) is 0 Å². The van der Waals surface area contributed by atoms with Crippen LogP contribution in [0.4, 0.5) is 5.95 Å². The molecule has 8 nitrogen and oxygen atoms in total. The third-order valence-electron chi connectivity index (χ3n) is 3.82. The number of hydrogen-bond donors (Lipinski definition) is 2. The first-order valence-corrected chi connectivity index (χ1v) is 6.87. The Kier molecular flexibility index (Phi) is 2.64. The van der Waals surface area contributed by atoms with Gasteiger partial charge in [-0.25, -0.2) is 15.0 Å². The first-order valence-electron chi connectivity index (χ1n) is 6.87. The quantitative estimate of drug-likeness (QED) is 0.715. The summed E-state index contributed by atoms with van der Waals surface area (Å²) in [5, 5.41) is 7.82. The highest BCUT2D eigenvalue weighted by Gasteiger charge is 2.24. The first kappa shape index (κ1) is 12.3. The summed E-state index contributed by atoms with van der Waals surface area (Å²) in [5.74, 6) is 1.86. The molecule has 1 unspecified atom stereocenters. The van der Waals surface area contributed by atoms with Gasteiger partial charge in [0.15, 0.2) is 11.5 Å². The van der Waals surface area contributed by atoms with E-state index >= 15 is 0 Å². The molecule has 1 atom stereocenters. The molecule has 1 fully saturated rings. The normalized spacial score (nSPS) is 18.6. The van der Waals surface area contributed by atoms with Crippen molar-refractivity contribution in [2.75, 3.05) is 18.8 Å². The van der Waals surface area contributed by atoms with Gasteiger partial charge in [0.05, 0.1) is 6.20 Å². The number of anilines is 1. The van der Waals surface area contributed by atoms with Crippen LogP contribution in [0.3, 0.4) is 0 Å². The Hall–Kier alpha value is -2.48. The minimum Gasteiger partial charge on any atom is -0.443 e. The van der Waals surface area contributed by atoms with Gasteiger partial charge in [0.25, 0.3) is 0 Å². The van der Waals surface area contributed by atoms with Gasteiger partial charge in [-0.05, 0) is 19.9 Å². The van der Waals surface area contributed by atoms with Gasteiger partial charge in [0.1, 0.15) is 12.0 Å². The average Bonchev–Trinajstić information content (AvgIpc) is 3.23. The van der Waals surface area contributed by atoms with E-state index in [1.54, 1.807) is 10.7 Å². The zero-order valence-corrected chi connectivity index (χ0v) is 11.6. The van der Waals surface area contributed by atoms with Crippen molar-refractivity contribution in [3.05, 3.63) is 23.8 Å². The molecule has 8 heteroatoms. The topological polar surface area (TPSA) is 107 Å². The molecule has 0 spiro atoms. The van der Waals surface area contributed by atoms with Crippen molar-refractivity contribution >= 4 is 11.6 Å². The molecule has 1 saturated heterocycles. The van der Waals surface area contributed by atoms with Crippen LogP contribution in [0.1, 0.15) is 23.7 Å². The fraction of sp³-hybridized carbons (Fsp3) is 0.385. The largest absolute Gasteiger partial charge is 0.443 e. The molecule has 0 bridgehead atoms. The molecule has 4 heterocycles. The Labute approximate surface area is 120 Å². The van der Waals surface area contributed by atoms with Crippen molar-refractivity contribution in [1.29, 1.82) is 0 Å². The average molecular weight is 285 g/mol. The molecular weight excluding hydrogens is 270 g/mol. The summed E-state index contributed by atoms with van der Waals surface area (Å²) in [4.78, 5) is 13.1. The highest BCUT2D eigenvalue weighted by molar-refractivity contribution is 5.65. The summed E-state index contributed by atoms with van der Waals surface area (Å²) in [7, 11) is 0. The van der Waals surface area contributed by atoms with E-state index in [1.165, 1.54) is 6.26 Å². The summed E-state index contributed by atoms with van der Waals surface area (Å²) in [6.07, 6.45) is 4.13. The van der Waals surface area contributed by atoms with Crippen molar-refractivity contribution in [1.82, 2.24) is 29.9 Å². The second kappa shape index (κ2) is 4.52. The predicted molar refractivity (Wildman–Crippen MR) is 75.7 cm³/mol. The van der Waals surface area contributed by atoms with E-state index < -0.39 is 0 Å². The number of hydrogen-bond acceptors (Lipinski definition) is 7. The summed E-state index contributed by atoms with van der Waals surface area (Å²) in [6.45, 7) is 3.82. The number of nitrogens with one attached hydrogen (secondary N) is 1. The van der Waals surface area contributed by atoms with Crippen LogP contribution in [0.2, 0.25) is 0 Å². The maximum Gasteiger partial charge on any atom is 0.245 e. The second-order valence-electron chi connectivity index (χ2n) is 5.18. The van der Waals surface area contributed by atoms with E-state index in [2.05, 4.69) is 25.4 Å². The van der Waals surface area contributed by atoms with Crippen molar-refractivity contribution in [3.63, 3.8) is 0 Å². The second-order valence-corrected chi connectivity index (χ2v) is 5.18. The smallest absolute Gasteiger partial charge is 0.245 e. The zero-order chi connectivity index (χ0) is 14.4.